The average molecular weight is 222 g/mol. The average Bonchev–Trinajstić information content (AvgIpc) is 2.61. The van der Waals surface area contributed by atoms with Crippen LogP contribution < -0.4 is 5.73 Å². The highest BCUT2D eigenvalue weighted by molar-refractivity contribution is 6.30. The monoisotopic (exact) mass is 221 g/mol. The van der Waals surface area contributed by atoms with Crippen molar-refractivity contribution in [3.05, 3.63) is 35.5 Å². The molecule has 0 unspecified atom stereocenters. The van der Waals surface area contributed by atoms with E-state index in [2.05, 4.69) is 5.10 Å². The van der Waals surface area contributed by atoms with Crippen molar-refractivity contribution in [3.63, 3.8) is 0 Å². The summed E-state index contributed by atoms with van der Waals surface area (Å²) in [7, 11) is 0. The van der Waals surface area contributed by atoms with Gasteiger partial charge < -0.3 is 5.73 Å². The molecule has 0 saturated heterocycles. The molecule has 0 atom stereocenters. The van der Waals surface area contributed by atoms with E-state index in [0.29, 0.717) is 17.3 Å². The first-order valence-electron chi connectivity index (χ1n) is 4.26. The highest BCUT2D eigenvalue weighted by Crippen LogP contribution is 2.25. The van der Waals surface area contributed by atoms with Crippen LogP contribution in [0, 0.1) is 0 Å². The van der Waals surface area contributed by atoms with Crippen LogP contribution in [0.1, 0.15) is 0 Å². The highest BCUT2D eigenvalue weighted by atomic mass is 35.5. The van der Waals surface area contributed by atoms with Crippen molar-refractivity contribution in [1.29, 1.82) is 0 Å². The second-order valence-electron chi connectivity index (χ2n) is 3.00. The number of nitrogens with two attached hydrogens (primary N) is 1. The van der Waals surface area contributed by atoms with Crippen molar-refractivity contribution in [2.75, 3.05) is 5.73 Å². The third-order valence-electron chi connectivity index (χ3n) is 2.09. The predicted molar refractivity (Wildman–Crippen MR) is 59.2 cm³/mol. The van der Waals surface area contributed by atoms with Crippen LogP contribution in [0.4, 0.5) is 5.82 Å². The lowest BCUT2D eigenvalue weighted by Gasteiger charge is -1.99. The van der Waals surface area contributed by atoms with E-state index in [1.165, 1.54) is 0 Å². The van der Waals surface area contributed by atoms with Gasteiger partial charge in [0.25, 0.3) is 0 Å². The number of nitrogens with zero attached hydrogens (tertiary/aromatic N) is 2. The number of hydrogen-bond donors (Lipinski definition) is 1. The van der Waals surface area contributed by atoms with Crippen molar-refractivity contribution in [1.82, 2.24) is 9.78 Å². The Labute approximate surface area is 91.3 Å². The Morgan fingerprint density at radius 3 is 2.53 bits per heavy atom. The number of benzene rings is 1. The summed E-state index contributed by atoms with van der Waals surface area (Å²) in [6.45, 7) is 0. The minimum atomic E-state index is 0.326. The Morgan fingerprint density at radius 2 is 2.00 bits per heavy atom. The summed E-state index contributed by atoms with van der Waals surface area (Å²) in [5.41, 5.74) is 7.32. The topological polar surface area (TPSA) is 60.9 Å². The molecule has 0 bridgehead atoms. The van der Waals surface area contributed by atoms with Crippen molar-refractivity contribution in [2.24, 2.45) is 0 Å². The summed E-state index contributed by atoms with van der Waals surface area (Å²) in [6, 6.07) is 7.17. The lowest BCUT2D eigenvalue weighted by molar-refractivity contribution is 0.541. The Hall–Kier alpha value is -1.81. The van der Waals surface area contributed by atoms with Crippen molar-refractivity contribution >= 4 is 23.8 Å². The quantitative estimate of drug-likeness (QED) is 0.787. The molecule has 0 saturated carbocycles. The third kappa shape index (κ3) is 1.71. The lowest BCUT2D eigenvalue weighted by atomic mass is 10.1. The SMILES string of the molecule is Nc1c(-c2ccc(Cl)cc2)cnn1C=O. The van der Waals surface area contributed by atoms with E-state index < -0.39 is 0 Å². The first-order valence-corrected chi connectivity index (χ1v) is 4.64. The Balaban J connectivity index is 2.49. The van der Waals surface area contributed by atoms with Crippen LogP contribution in [0.15, 0.2) is 30.5 Å². The van der Waals surface area contributed by atoms with Crippen LogP contribution in [0.2, 0.25) is 5.02 Å². The summed E-state index contributed by atoms with van der Waals surface area (Å²) in [5.74, 6) is 0.326. The molecule has 5 heteroatoms. The minimum absolute atomic E-state index is 0.326. The molecule has 2 rings (SSSR count). The van der Waals surface area contributed by atoms with E-state index in [0.717, 1.165) is 15.8 Å². The van der Waals surface area contributed by atoms with E-state index in [4.69, 9.17) is 17.3 Å². The van der Waals surface area contributed by atoms with Crippen LogP contribution in [0.25, 0.3) is 11.1 Å². The predicted octanol–water partition coefficient (Wildman–Crippen LogP) is 1.82. The van der Waals surface area contributed by atoms with Crippen LogP contribution in [0.5, 0.6) is 0 Å². The molecule has 0 spiro atoms. The Bertz CT molecular complexity index is 490. The Morgan fingerprint density at radius 1 is 1.33 bits per heavy atom. The fourth-order valence-corrected chi connectivity index (χ4v) is 1.43. The summed E-state index contributed by atoms with van der Waals surface area (Å²) < 4.78 is 1.09. The van der Waals surface area contributed by atoms with E-state index >= 15 is 0 Å². The molecule has 0 fully saturated rings. The second kappa shape index (κ2) is 3.74. The van der Waals surface area contributed by atoms with Crippen LogP contribution in [0.3, 0.4) is 0 Å². The fourth-order valence-electron chi connectivity index (χ4n) is 1.31. The molecule has 0 aliphatic carbocycles. The van der Waals surface area contributed by atoms with E-state index in [-0.39, 0.29) is 0 Å². The van der Waals surface area contributed by atoms with Crippen LogP contribution in [-0.2, 0) is 4.79 Å². The maximum Gasteiger partial charge on any atom is 0.235 e. The van der Waals surface area contributed by atoms with Gasteiger partial charge in [-0.3, -0.25) is 4.79 Å². The van der Waals surface area contributed by atoms with Gasteiger partial charge in [0.1, 0.15) is 5.82 Å². The maximum atomic E-state index is 10.5. The summed E-state index contributed by atoms with van der Waals surface area (Å²) >= 11 is 5.76. The molecule has 2 aromatic rings. The zero-order valence-electron chi connectivity index (χ0n) is 7.72. The van der Waals surface area contributed by atoms with E-state index in [1.54, 1.807) is 18.3 Å². The molecular formula is C10H8ClN3O. The van der Waals surface area contributed by atoms with Gasteiger partial charge >= 0.3 is 0 Å². The zero-order chi connectivity index (χ0) is 10.8. The molecule has 1 aromatic heterocycles. The van der Waals surface area contributed by atoms with Gasteiger partial charge in [-0.1, -0.05) is 23.7 Å². The van der Waals surface area contributed by atoms with Gasteiger partial charge in [-0.15, -0.1) is 0 Å². The van der Waals surface area contributed by atoms with Gasteiger partial charge in [-0.05, 0) is 17.7 Å². The molecule has 4 nitrogen and oxygen atoms in total. The molecule has 15 heavy (non-hydrogen) atoms. The molecular weight excluding hydrogens is 214 g/mol. The molecule has 2 N–H and O–H groups in total. The van der Waals surface area contributed by atoms with Gasteiger partial charge in [-0.2, -0.15) is 9.78 Å². The zero-order valence-corrected chi connectivity index (χ0v) is 8.48. The maximum absolute atomic E-state index is 10.5. The number of carbonyl (C=O) groups excluding carboxylic acids is 1. The van der Waals surface area contributed by atoms with Crippen molar-refractivity contribution in [2.45, 2.75) is 0 Å². The summed E-state index contributed by atoms with van der Waals surface area (Å²) in [4.78, 5) is 10.5. The number of anilines is 1. The van der Waals surface area contributed by atoms with Crippen molar-refractivity contribution in [3.8, 4) is 11.1 Å². The molecule has 0 radical (unpaired) electrons. The minimum Gasteiger partial charge on any atom is -0.383 e. The van der Waals surface area contributed by atoms with Crippen molar-refractivity contribution < 1.29 is 4.79 Å². The number of rotatable bonds is 2. The number of halogens is 1. The molecule has 0 aliphatic rings. The Kier molecular flexibility index (Phi) is 2.43. The molecule has 1 aromatic carbocycles. The first-order chi connectivity index (χ1) is 7.22. The second-order valence-corrected chi connectivity index (χ2v) is 3.44. The smallest absolute Gasteiger partial charge is 0.235 e. The van der Waals surface area contributed by atoms with Gasteiger partial charge in [0, 0.05) is 10.6 Å². The number of aromatic nitrogens is 2. The van der Waals surface area contributed by atoms with Crippen LogP contribution in [-0.4, -0.2) is 16.2 Å². The normalized spacial score (nSPS) is 10.2. The van der Waals surface area contributed by atoms with E-state index in [1.807, 2.05) is 12.1 Å². The summed E-state index contributed by atoms with van der Waals surface area (Å²) in [6.07, 6.45) is 2.11. The van der Waals surface area contributed by atoms with Gasteiger partial charge in [0.2, 0.25) is 6.41 Å². The lowest BCUT2D eigenvalue weighted by Crippen LogP contribution is -2.02. The third-order valence-corrected chi connectivity index (χ3v) is 2.34. The number of carbonyl (C=O) groups is 1. The fraction of sp³-hybridized carbons (Fsp3) is 0. The van der Waals surface area contributed by atoms with Gasteiger partial charge in [0.15, 0.2) is 0 Å². The van der Waals surface area contributed by atoms with E-state index in [9.17, 15) is 4.79 Å². The van der Waals surface area contributed by atoms with Gasteiger partial charge in [-0.25, -0.2) is 0 Å². The van der Waals surface area contributed by atoms with Crippen LogP contribution >= 0.6 is 11.6 Å². The number of nitrogen functional groups attached to an aromatic ring is 1. The molecule has 0 aliphatic heterocycles. The standard InChI is InChI=1S/C10H8ClN3O/c11-8-3-1-7(2-4-8)9-5-13-14(6-15)10(9)12/h1-6H,12H2. The highest BCUT2D eigenvalue weighted by Gasteiger charge is 2.08. The first kappa shape index (κ1) is 9.73. The number of hydrogen-bond acceptors (Lipinski definition) is 3. The molecule has 0 amide bonds. The molecule has 1 heterocycles. The largest absolute Gasteiger partial charge is 0.383 e. The van der Waals surface area contributed by atoms with Gasteiger partial charge in [0.05, 0.1) is 6.20 Å². The molecule has 76 valence electrons. The summed E-state index contributed by atoms with van der Waals surface area (Å²) in [5, 5.41) is 4.48.